The molecule has 2 amide bonds. The highest BCUT2D eigenvalue weighted by atomic mass is 19.1. The lowest BCUT2D eigenvalue weighted by molar-refractivity contribution is 0.0535. The molecular weight excluding hydrogens is 401 g/mol. The van der Waals surface area contributed by atoms with E-state index < -0.39 is 5.82 Å². The van der Waals surface area contributed by atoms with Gasteiger partial charge < -0.3 is 20.1 Å². The zero-order chi connectivity index (χ0) is 21.8. The molecule has 1 aliphatic heterocycles. The van der Waals surface area contributed by atoms with Crippen LogP contribution in [0.4, 0.5) is 15.9 Å². The number of amides is 2. The number of aromatic amines is 1. The summed E-state index contributed by atoms with van der Waals surface area (Å²) < 4.78 is 14.0. The summed E-state index contributed by atoms with van der Waals surface area (Å²) in [4.78, 5) is 46.8. The number of halogens is 1. The van der Waals surface area contributed by atoms with E-state index in [1.165, 1.54) is 30.6 Å². The van der Waals surface area contributed by atoms with Gasteiger partial charge in [0, 0.05) is 44.6 Å². The smallest absolute Gasteiger partial charge is 0.257 e. The highest BCUT2D eigenvalue weighted by molar-refractivity contribution is 5.99. The normalized spacial score (nSPS) is 13.7. The van der Waals surface area contributed by atoms with Gasteiger partial charge >= 0.3 is 0 Å². The fourth-order valence-electron chi connectivity index (χ4n) is 3.38. The number of nitrogens with zero attached hydrogens (tertiary/aromatic N) is 3. The Bertz CT molecular complexity index is 1150. The Morgan fingerprint density at radius 1 is 0.935 bits per heavy atom. The molecule has 0 atom stereocenters. The minimum Gasteiger partial charge on any atom is -0.337 e. The zero-order valence-electron chi connectivity index (χ0n) is 16.5. The molecule has 1 aliphatic rings. The molecule has 158 valence electrons. The van der Waals surface area contributed by atoms with Crippen LogP contribution in [0.15, 0.2) is 65.7 Å². The second kappa shape index (κ2) is 8.78. The summed E-state index contributed by atoms with van der Waals surface area (Å²) >= 11 is 0. The summed E-state index contributed by atoms with van der Waals surface area (Å²) in [7, 11) is 0. The van der Waals surface area contributed by atoms with Crippen molar-refractivity contribution in [3.05, 3.63) is 88.2 Å². The largest absolute Gasteiger partial charge is 0.337 e. The van der Waals surface area contributed by atoms with Crippen molar-refractivity contribution in [1.82, 2.24) is 19.8 Å². The Morgan fingerprint density at radius 2 is 1.65 bits per heavy atom. The van der Waals surface area contributed by atoms with Gasteiger partial charge in [0.25, 0.3) is 11.8 Å². The van der Waals surface area contributed by atoms with Gasteiger partial charge in [-0.05, 0) is 30.3 Å². The molecule has 0 saturated carbocycles. The molecule has 0 unspecified atom stereocenters. The van der Waals surface area contributed by atoms with E-state index in [2.05, 4.69) is 15.3 Å². The predicted octanol–water partition coefficient (Wildman–Crippen LogP) is 2.25. The molecule has 1 aromatic carbocycles. The van der Waals surface area contributed by atoms with Crippen LogP contribution >= 0.6 is 0 Å². The Kier molecular flexibility index (Phi) is 5.74. The third-order valence-corrected chi connectivity index (χ3v) is 5.05. The standard InChI is InChI=1S/C22H20FN5O3/c23-17-5-1-2-6-18(17)26-20-16(4-3-9-24-20)22(31)28-12-10-27(11-13-28)21(30)15-7-8-19(29)25-14-15/h1-9,14H,10-13H2,(H,24,26)(H,25,29). The number of aromatic nitrogens is 2. The number of piperazine rings is 1. The first-order valence-corrected chi connectivity index (χ1v) is 9.77. The highest BCUT2D eigenvalue weighted by Gasteiger charge is 2.27. The van der Waals surface area contributed by atoms with E-state index in [0.29, 0.717) is 37.3 Å². The molecule has 1 fully saturated rings. The summed E-state index contributed by atoms with van der Waals surface area (Å²) in [6.45, 7) is 1.42. The van der Waals surface area contributed by atoms with Gasteiger partial charge in [0.2, 0.25) is 5.56 Å². The molecule has 1 saturated heterocycles. The molecule has 31 heavy (non-hydrogen) atoms. The van der Waals surface area contributed by atoms with E-state index in [9.17, 15) is 18.8 Å². The van der Waals surface area contributed by atoms with Gasteiger partial charge in [0.05, 0.1) is 16.8 Å². The van der Waals surface area contributed by atoms with Crippen LogP contribution in [0.2, 0.25) is 0 Å². The van der Waals surface area contributed by atoms with Crippen LogP contribution in [-0.4, -0.2) is 57.8 Å². The number of para-hydroxylation sites is 1. The molecule has 0 radical (unpaired) electrons. The first-order valence-electron chi connectivity index (χ1n) is 9.77. The molecule has 0 spiro atoms. The summed E-state index contributed by atoms with van der Waals surface area (Å²) in [5, 5.41) is 2.89. The third-order valence-electron chi connectivity index (χ3n) is 5.05. The van der Waals surface area contributed by atoms with Crippen molar-refractivity contribution in [1.29, 1.82) is 0 Å². The number of nitrogens with one attached hydrogen (secondary N) is 2. The SMILES string of the molecule is O=C(c1ccc(=O)[nH]c1)N1CCN(C(=O)c2cccnc2Nc2ccccc2F)CC1. The van der Waals surface area contributed by atoms with Crippen molar-refractivity contribution in [2.24, 2.45) is 0 Å². The second-order valence-corrected chi connectivity index (χ2v) is 7.03. The number of H-pyrrole nitrogens is 1. The number of hydrogen-bond acceptors (Lipinski definition) is 5. The Labute approximate surface area is 177 Å². The first-order chi connectivity index (χ1) is 15.0. The van der Waals surface area contributed by atoms with E-state index in [4.69, 9.17) is 0 Å². The van der Waals surface area contributed by atoms with Crippen molar-refractivity contribution in [3.63, 3.8) is 0 Å². The number of benzene rings is 1. The molecule has 8 nitrogen and oxygen atoms in total. The van der Waals surface area contributed by atoms with Crippen molar-refractivity contribution in [2.75, 3.05) is 31.5 Å². The summed E-state index contributed by atoms with van der Waals surface area (Å²) in [6, 6.07) is 12.2. The monoisotopic (exact) mass is 421 g/mol. The molecule has 4 rings (SSSR count). The van der Waals surface area contributed by atoms with E-state index in [0.717, 1.165) is 0 Å². The number of pyridine rings is 2. The Hall–Kier alpha value is -4.01. The third kappa shape index (κ3) is 4.45. The molecule has 0 bridgehead atoms. The molecule has 3 heterocycles. The number of carbonyl (C=O) groups excluding carboxylic acids is 2. The summed E-state index contributed by atoms with van der Waals surface area (Å²) in [5.41, 5.74) is 0.670. The van der Waals surface area contributed by atoms with E-state index in [1.807, 2.05) is 0 Å². The van der Waals surface area contributed by atoms with Gasteiger partial charge in [-0.15, -0.1) is 0 Å². The maximum absolute atomic E-state index is 14.0. The lowest BCUT2D eigenvalue weighted by atomic mass is 10.1. The van der Waals surface area contributed by atoms with Crippen LogP contribution in [0.3, 0.4) is 0 Å². The van der Waals surface area contributed by atoms with Crippen LogP contribution in [0, 0.1) is 5.82 Å². The van der Waals surface area contributed by atoms with E-state index in [-0.39, 0.29) is 28.9 Å². The van der Waals surface area contributed by atoms with Crippen LogP contribution in [0.25, 0.3) is 0 Å². The van der Waals surface area contributed by atoms with Gasteiger partial charge in [-0.2, -0.15) is 0 Å². The van der Waals surface area contributed by atoms with Crippen LogP contribution in [0.5, 0.6) is 0 Å². The fraction of sp³-hybridized carbons (Fsp3) is 0.182. The van der Waals surface area contributed by atoms with Crippen LogP contribution < -0.4 is 10.9 Å². The lowest BCUT2D eigenvalue weighted by Gasteiger charge is -2.35. The lowest BCUT2D eigenvalue weighted by Crippen LogP contribution is -2.50. The minimum absolute atomic E-state index is 0.202. The van der Waals surface area contributed by atoms with Gasteiger partial charge in [-0.3, -0.25) is 14.4 Å². The summed E-state index contributed by atoms with van der Waals surface area (Å²) in [6.07, 6.45) is 2.92. The number of rotatable bonds is 4. The van der Waals surface area contributed by atoms with Gasteiger partial charge in [0.1, 0.15) is 11.6 Å². The quantitative estimate of drug-likeness (QED) is 0.673. The Balaban J connectivity index is 1.44. The van der Waals surface area contributed by atoms with Gasteiger partial charge in [0.15, 0.2) is 0 Å². The summed E-state index contributed by atoms with van der Waals surface area (Å²) in [5.74, 6) is -0.625. The van der Waals surface area contributed by atoms with E-state index in [1.54, 1.807) is 40.1 Å². The minimum atomic E-state index is -0.444. The zero-order valence-corrected chi connectivity index (χ0v) is 16.5. The van der Waals surface area contributed by atoms with Crippen LogP contribution in [0.1, 0.15) is 20.7 Å². The number of hydrogen-bond donors (Lipinski definition) is 2. The van der Waals surface area contributed by atoms with Crippen molar-refractivity contribution >= 4 is 23.3 Å². The molecular formula is C22H20FN5O3. The molecule has 9 heteroatoms. The van der Waals surface area contributed by atoms with Crippen molar-refractivity contribution in [2.45, 2.75) is 0 Å². The first kappa shape index (κ1) is 20.3. The van der Waals surface area contributed by atoms with Gasteiger partial charge in [-0.25, -0.2) is 9.37 Å². The van der Waals surface area contributed by atoms with Crippen LogP contribution in [-0.2, 0) is 0 Å². The fourth-order valence-corrected chi connectivity index (χ4v) is 3.38. The number of anilines is 2. The molecule has 0 aliphatic carbocycles. The Morgan fingerprint density at radius 3 is 2.32 bits per heavy atom. The van der Waals surface area contributed by atoms with Gasteiger partial charge in [-0.1, -0.05) is 12.1 Å². The maximum atomic E-state index is 14.0. The molecule has 3 aromatic rings. The number of carbonyl (C=O) groups is 2. The average molecular weight is 421 g/mol. The topological polar surface area (TPSA) is 98.4 Å². The average Bonchev–Trinajstić information content (AvgIpc) is 2.81. The van der Waals surface area contributed by atoms with Crippen molar-refractivity contribution in [3.8, 4) is 0 Å². The molecule has 2 N–H and O–H groups in total. The second-order valence-electron chi connectivity index (χ2n) is 7.03. The molecule has 2 aromatic heterocycles. The van der Waals surface area contributed by atoms with Crippen molar-refractivity contribution < 1.29 is 14.0 Å². The predicted molar refractivity (Wildman–Crippen MR) is 113 cm³/mol. The van der Waals surface area contributed by atoms with E-state index >= 15 is 0 Å². The highest BCUT2D eigenvalue weighted by Crippen LogP contribution is 2.22. The maximum Gasteiger partial charge on any atom is 0.257 e.